The van der Waals surface area contributed by atoms with E-state index >= 15 is 0 Å². The lowest BCUT2D eigenvalue weighted by atomic mass is 10.1. The van der Waals surface area contributed by atoms with Crippen molar-refractivity contribution in [3.8, 4) is 5.75 Å². The van der Waals surface area contributed by atoms with Crippen LogP contribution < -0.4 is 10.1 Å². The molecule has 0 saturated heterocycles. The van der Waals surface area contributed by atoms with Crippen LogP contribution in [0.1, 0.15) is 46.6 Å². The first kappa shape index (κ1) is 24.8. The quantitative estimate of drug-likeness (QED) is 0.244. The number of nitrogens with zero attached hydrogens (tertiary/aromatic N) is 2. The fraction of sp³-hybridized carbons (Fsp3) is 0.310. The number of ether oxygens (including phenoxy) is 1. The van der Waals surface area contributed by atoms with Crippen LogP contribution in [-0.4, -0.2) is 28.6 Å². The molecule has 4 aromatic rings. The Balaban J connectivity index is 1.29. The predicted octanol–water partition coefficient (Wildman–Crippen LogP) is 6.53. The first-order chi connectivity index (χ1) is 17.0. The van der Waals surface area contributed by atoms with E-state index in [1.807, 2.05) is 6.07 Å². The smallest absolute Gasteiger partial charge is 0.251 e. The maximum absolute atomic E-state index is 12.4. The number of carbonyl (C=O) groups excluding carboxylic acids is 1. The van der Waals surface area contributed by atoms with Crippen LogP contribution >= 0.6 is 11.6 Å². The molecule has 182 valence electrons. The summed E-state index contributed by atoms with van der Waals surface area (Å²) < 4.78 is 8.31. The van der Waals surface area contributed by atoms with Gasteiger partial charge in [0.1, 0.15) is 11.6 Å². The lowest BCUT2D eigenvalue weighted by Crippen LogP contribution is -2.25. The van der Waals surface area contributed by atoms with Gasteiger partial charge in [-0.1, -0.05) is 47.5 Å². The molecule has 0 unspecified atom stereocenters. The Morgan fingerprint density at radius 2 is 1.86 bits per heavy atom. The molecule has 0 atom stereocenters. The third kappa shape index (κ3) is 6.64. The van der Waals surface area contributed by atoms with Gasteiger partial charge < -0.3 is 14.6 Å². The van der Waals surface area contributed by atoms with Crippen molar-refractivity contribution >= 4 is 28.5 Å². The van der Waals surface area contributed by atoms with Gasteiger partial charge in [0.2, 0.25) is 0 Å². The van der Waals surface area contributed by atoms with E-state index in [0.29, 0.717) is 23.7 Å². The van der Waals surface area contributed by atoms with Gasteiger partial charge in [0.15, 0.2) is 0 Å². The number of unbranched alkanes of at least 4 members (excludes halogenated alkanes) is 1. The van der Waals surface area contributed by atoms with Gasteiger partial charge in [0.05, 0.1) is 17.6 Å². The average molecular weight is 490 g/mol. The SMILES string of the molecule is Cc1ccc(OCCCCn2c(CCCNC(=O)c3cccc(Cl)c3)nc3ccccc32)c(C)c1. The van der Waals surface area contributed by atoms with E-state index in [1.165, 1.54) is 11.1 Å². The Kier molecular flexibility index (Phi) is 8.43. The van der Waals surface area contributed by atoms with Gasteiger partial charge in [-0.15, -0.1) is 0 Å². The van der Waals surface area contributed by atoms with Gasteiger partial charge in [-0.2, -0.15) is 0 Å². The Morgan fingerprint density at radius 3 is 2.69 bits per heavy atom. The highest BCUT2D eigenvalue weighted by molar-refractivity contribution is 6.30. The van der Waals surface area contributed by atoms with Gasteiger partial charge >= 0.3 is 0 Å². The normalized spacial score (nSPS) is 11.1. The highest BCUT2D eigenvalue weighted by Gasteiger charge is 2.11. The van der Waals surface area contributed by atoms with E-state index in [1.54, 1.807) is 24.3 Å². The first-order valence-corrected chi connectivity index (χ1v) is 12.6. The molecule has 0 aliphatic rings. The van der Waals surface area contributed by atoms with Crippen LogP contribution in [-0.2, 0) is 13.0 Å². The third-order valence-electron chi connectivity index (χ3n) is 6.05. The fourth-order valence-corrected chi connectivity index (χ4v) is 4.45. The first-order valence-electron chi connectivity index (χ1n) is 12.2. The van der Waals surface area contributed by atoms with E-state index in [9.17, 15) is 4.79 Å². The zero-order chi connectivity index (χ0) is 24.6. The van der Waals surface area contributed by atoms with Gasteiger partial charge in [-0.05, 0) is 75.1 Å². The summed E-state index contributed by atoms with van der Waals surface area (Å²) >= 11 is 5.99. The van der Waals surface area contributed by atoms with Crippen molar-refractivity contribution in [3.63, 3.8) is 0 Å². The summed E-state index contributed by atoms with van der Waals surface area (Å²) in [5.74, 6) is 1.91. The van der Waals surface area contributed by atoms with Crippen molar-refractivity contribution < 1.29 is 9.53 Å². The van der Waals surface area contributed by atoms with Crippen LogP contribution in [0.15, 0.2) is 66.7 Å². The van der Waals surface area contributed by atoms with Gasteiger partial charge in [-0.3, -0.25) is 4.79 Å². The second-order valence-electron chi connectivity index (χ2n) is 8.86. The van der Waals surface area contributed by atoms with Crippen molar-refractivity contribution in [2.75, 3.05) is 13.2 Å². The highest BCUT2D eigenvalue weighted by Crippen LogP contribution is 2.20. The minimum absolute atomic E-state index is 0.107. The molecule has 0 spiro atoms. The number of imidazole rings is 1. The molecule has 35 heavy (non-hydrogen) atoms. The molecule has 1 amide bonds. The van der Waals surface area contributed by atoms with Crippen LogP contribution in [0.4, 0.5) is 0 Å². The predicted molar refractivity (Wildman–Crippen MR) is 142 cm³/mol. The molecular formula is C29H32ClN3O2. The number of benzene rings is 3. The molecule has 0 saturated carbocycles. The molecule has 0 aliphatic carbocycles. The summed E-state index contributed by atoms with van der Waals surface area (Å²) in [7, 11) is 0. The Hall–Kier alpha value is -3.31. The number of para-hydroxylation sites is 2. The number of hydrogen-bond acceptors (Lipinski definition) is 3. The van der Waals surface area contributed by atoms with Crippen LogP contribution in [0.2, 0.25) is 5.02 Å². The molecule has 5 nitrogen and oxygen atoms in total. The number of carbonyl (C=O) groups is 1. The number of aryl methyl sites for hydroxylation is 4. The van der Waals surface area contributed by atoms with Crippen LogP contribution in [0.5, 0.6) is 5.75 Å². The summed E-state index contributed by atoms with van der Waals surface area (Å²) in [6.07, 6.45) is 3.58. The summed E-state index contributed by atoms with van der Waals surface area (Å²) in [4.78, 5) is 17.2. The zero-order valence-corrected chi connectivity index (χ0v) is 21.1. The summed E-state index contributed by atoms with van der Waals surface area (Å²) in [6.45, 7) is 6.35. The van der Waals surface area contributed by atoms with Gasteiger partial charge in [0.25, 0.3) is 5.91 Å². The lowest BCUT2D eigenvalue weighted by Gasteiger charge is -2.12. The van der Waals surface area contributed by atoms with Crippen molar-refractivity contribution in [3.05, 3.63) is 94.3 Å². The Morgan fingerprint density at radius 1 is 1.00 bits per heavy atom. The summed E-state index contributed by atoms with van der Waals surface area (Å²) in [6, 6.07) is 21.5. The number of nitrogens with one attached hydrogen (secondary N) is 1. The summed E-state index contributed by atoms with van der Waals surface area (Å²) in [5.41, 5.74) is 5.17. The number of amides is 1. The monoisotopic (exact) mass is 489 g/mol. The van der Waals surface area contributed by atoms with Crippen molar-refractivity contribution in [1.82, 2.24) is 14.9 Å². The van der Waals surface area contributed by atoms with E-state index < -0.39 is 0 Å². The maximum Gasteiger partial charge on any atom is 0.251 e. The molecule has 0 fully saturated rings. The summed E-state index contributed by atoms with van der Waals surface area (Å²) in [5, 5.41) is 3.54. The molecule has 0 radical (unpaired) electrons. The number of rotatable bonds is 11. The molecule has 6 heteroatoms. The zero-order valence-electron chi connectivity index (χ0n) is 20.4. The number of aromatic nitrogens is 2. The number of fused-ring (bicyclic) bond motifs is 1. The van der Waals surface area contributed by atoms with E-state index in [2.05, 4.69) is 60.1 Å². The average Bonchev–Trinajstić information content (AvgIpc) is 3.20. The standard InChI is InChI=1S/C29H32ClN3O2/c1-21-14-15-27(22(2)19-21)35-18-6-5-17-33-26-12-4-3-11-25(26)32-28(33)13-8-16-31-29(34)23-9-7-10-24(30)20-23/h3-4,7,9-12,14-15,19-20H,5-6,8,13,16-18H2,1-2H3,(H,31,34). The molecule has 3 aromatic carbocycles. The van der Waals surface area contributed by atoms with E-state index in [4.69, 9.17) is 21.3 Å². The van der Waals surface area contributed by atoms with Crippen LogP contribution in [0.3, 0.4) is 0 Å². The van der Waals surface area contributed by atoms with Gasteiger partial charge in [-0.25, -0.2) is 4.98 Å². The Bertz CT molecular complexity index is 1300. The molecule has 1 aromatic heterocycles. The number of hydrogen-bond donors (Lipinski definition) is 1. The lowest BCUT2D eigenvalue weighted by molar-refractivity contribution is 0.0953. The third-order valence-corrected chi connectivity index (χ3v) is 6.28. The second kappa shape index (κ2) is 11.9. The molecule has 4 rings (SSSR count). The minimum Gasteiger partial charge on any atom is -0.493 e. The maximum atomic E-state index is 12.4. The highest BCUT2D eigenvalue weighted by atomic mass is 35.5. The molecule has 0 aliphatic heterocycles. The van der Waals surface area contributed by atoms with Gasteiger partial charge in [0, 0.05) is 30.1 Å². The van der Waals surface area contributed by atoms with Crippen LogP contribution in [0, 0.1) is 13.8 Å². The van der Waals surface area contributed by atoms with Crippen molar-refractivity contribution in [2.45, 2.75) is 46.1 Å². The molecule has 1 heterocycles. The topological polar surface area (TPSA) is 56.1 Å². The second-order valence-corrected chi connectivity index (χ2v) is 9.30. The van der Waals surface area contributed by atoms with Crippen LogP contribution in [0.25, 0.3) is 11.0 Å². The molecular weight excluding hydrogens is 458 g/mol. The molecule has 1 N–H and O–H groups in total. The van der Waals surface area contributed by atoms with Crippen molar-refractivity contribution in [2.24, 2.45) is 0 Å². The minimum atomic E-state index is -0.107. The Labute approximate surface area is 212 Å². The fourth-order valence-electron chi connectivity index (χ4n) is 4.26. The largest absolute Gasteiger partial charge is 0.493 e. The van der Waals surface area contributed by atoms with Crippen molar-refractivity contribution in [1.29, 1.82) is 0 Å². The molecule has 0 bridgehead atoms. The van der Waals surface area contributed by atoms with E-state index in [0.717, 1.165) is 54.8 Å². The number of halogens is 1. The van der Waals surface area contributed by atoms with E-state index in [-0.39, 0.29) is 5.91 Å².